The second kappa shape index (κ2) is 9.05. The average molecular weight is 341 g/mol. The highest BCUT2D eigenvalue weighted by Gasteiger charge is 2.11. The van der Waals surface area contributed by atoms with E-state index in [0.717, 1.165) is 45.7 Å². The molecule has 0 aromatic carbocycles. The molecule has 1 aromatic heterocycles. The van der Waals surface area contributed by atoms with Gasteiger partial charge < -0.3 is 15.0 Å². The molecule has 1 saturated heterocycles. The maximum atomic E-state index is 12.2. The van der Waals surface area contributed by atoms with Crippen molar-refractivity contribution < 1.29 is 9.53 Å². The zero-order valence-corrected chi connectivity index (χ0v) is 14.6. The highest BCUT2D eigenvalue weighted by molar-refractivity contribution is 6.29. The van der Waals surface area contributed by atoms with E-state index in [1.54, 1.807) is 12.1 Å². The molecule has 0 spiro atoms. The maximum absolute atomic E-state index is 12.2. The van der Waals surface area contributed by atoms with Crippen LogP contribution in [0.4, 0.5) is 5.82 Å². The van der Waals surface area contributed by atoms with Crippen LogP contribution >= 0.6 is 11.6 Å². The van der Waals surface area contributed by atoms with Gasteiger partial charge in [-0.3, -0.25) is 9.69 Å². The smallest absolute Gasteiger partial charge is 0.251 e. The summed E-state index contributed by atoms with van der Waals surface area (Å²) in [7, 11) is 3.73. The van der Waals surface area contributed by atoms with E-state index < -0.39 is 0 Å². The fourth-order valence-electron chi connectivity index (χ4n) is 2.43. The predicted molar refractivity (Wildman–Crippen MR) is 92.4 cm³/mol. The number of pyridine rings is 1. The van der Waals surface area contributed by atoms with Gasteiger partial charge in [0.05, 0.1) is 13.2 Å². The van der Waals surface area contributed by atoms with Gasteiger partial charge in [-0.05, 0) is 31.5 Å². The van der Waals surface area contributed by atoms with Crippen molar-refractivity contribution in [2.75, 3.05) is 58.4 Å². The first-order valence-electron chi connectivity index (χ1n) is 7.99. The first kappa shape index (κ1) is 18.0. The predicted octanol–water partition coefficient (Wildman–Crippen LogP) is 1.64. The van der Waals surface area contributed by atoms with E-state index in [9.17, 15) is 4.79 Å². The van der Waals surface area contributed by atoms with Gasteiger partial charge >= 0.3 is 0 Å². The minimum absolute atomic E-state index is 0.108. The second-order valence-corrected chi connectivity index (χ2v) is 6.24. The van der Waals surface area contributed by atoms with Crippen LogP contribution in [0.3, 0.4) is 0 Å². The molecule has 1 amide bonds. The van der Waals surface area contributed by atoms with E-state index in [0.29, 0.717) is 23.1 Å². The summed E-state index contributed by atoms with van der Waals surface area (Å²) in [5, 5.41) is 3.27. The SMILES string of the molecule is CN(C)c1cc(C(=O)NCCCCN2CCOCC2)cc(Cl)n1. The Labute approximate surface area is 142 Å². The van der Waals surface area contributed by atoms with Crippen LogP contribution in [0.15, 0.2) is 12.1 Å². The second-order valence-electron chi connectivity index (χ2n) is 5.85. The lowest BCUT2D eigenvalue weighted by Crippen LogP contribution is -2.37. The summed E-state index contributed by atoms with van der Waals surface area (Å²) in [6.45, 7) is 5.40. The largest absolute Gasteiger partial charge is 0.379 e. The van der Waals surface area contributed by atoms with Crippen molar-refractivity contribution in [1.29, 1.82) is 0 Å². The van der Waals surface area contributed by atoms with Gasteiger partial charge in [-0.15, -0.1) is 0 Å². The molecule has 1 N–H and O–H groups in total. The van der Waals surface area contributed by atoms with Crippen LogP contribution in [0, 0.1) is 0 Å². The van der Waals surface area contributed by atoms with Crippen molar-refractivity contribution in [1.82, 2.24) is 15.2 Å². The third kappa shape index (κ3) is 5.97. The summed E-state index contributed by atoms with van der Waals surface area (Å²) >= 11 is 5.97. The zero-order chi connectivity index (χ0) is 16.7. The first-order valence-corrected chi connectivity index (χ1v) is 8.37. The van der Waals surface area contributed by atoms with Crippen LogP contribution in [-0.4, -0.2) is 69.3 Å². The van der Waals surface area contributed by atoms with Crippen LogP contribution < -0.4 is 10.2 Å². The highest BCUT2D eigenvalue weighted by Crippen LogP contribution is 2.16. The summed E-state index contributed by atoms with van der Waals surface area (Å²) in [5.74, 6) is 0.568. The lowest BCUT2D eigenvalue weighted by molar-refractivity contribution is 0.0372. The van der Waals surface area contributed by atoms with Crippen LogP contribution in [0.2, 0.25) is 5.15 Å². The molecule has 0 atom stereocenters. The van der Waals surface area contributed by atoms with E-state index in [-0.39, 0.29) is 5.91 Å². The molecule has 1 aliphatic heterocycles. The molecule has 1 aromatic rings. The van der Waals surface area contributed by atoms with E-state index in [4.69, 9.17) is 16.3 Å². The number of morpholine rings is 1. The van der Waals surface area contributed by atoms with Gasteiger partial charge in [-0.1, -0.05) is 11.6 Å². The van der Waals surface area contributed by atoms with Crippen molar-refractivity contribution in [3.63, 3.8) is 0 Å². The van der Waals surface area contributed by atoms with E-state index in [2.05, 4.69) is 15.2 Å². The molecule has 0 unspecified atom stereocenters. The fraction of sp³-hybridized carbons (Fsp3) is 0.625. The van der Waals surface area contributed by atoms with Gasteiger partial charge in [0.15, 0.2) is 0 Å². The topological polar surface area (TPSA) is 57.7 Å². The number of hydrogen-bond donors (Lipinski definition) is 1. The Balaban J connectivity index is 1.72. The number of hydrogen-bond acceptors (Lipinski definition) is 5. The molecule has 0 bridgehead atoms. The average Bonchev–Trinajstić information content (AvgIpc) is 2.54. The van der Waals surface area contributed by atoms with Crippen LogP contribution in [0.25, 0.3) is 0 Å². The lowest BCUT2D eigenvalue weighted by atomic mass is 10.2. The van der Waals surface area contributed by atoms with E-state index in [1.807, 2.05) is 19.0 Å². The molecule has 1 aliphatic rings. The quantitative estimate of drug-likeness (QED) is 0.604. The number of carbonyl (C=O) groups excluding carboxylic acids is 1. The normalized spacial score (nSPS) is 15.4. The summed E-state index contributed by atoms with van der Waals surface area (Å²) in [5.41, 5.74) is 0.543. The Bertz CT molecular complexity index is 519. The number of unbranched alkanes of at least 4 members (excludes halogenated alkanes) is 1. The summed E-state index contributed by atoms with van der Waals surface area (Å²) in [4.78, 5) is 20.6. The number of ether oxygens (including phenoxy) is 1. The molecular weight excluding hydrogens is 316 g/mol. The molecule has 23 heavy (non-hydrogen) atoms. The molecule has 2 rings (SSSR count). The van der Waals surface area contributed by atoms with Gasteiger partial charge in [0.1, 0.15) is 11.0 Å². The minimum atomic E-state index is -0.108. The third-order valence-electron chi connectivity index (χ3n) is 3.79. The maximum Gasteiger partial charge on any atom is 0.251 e. The molecule has 0 radical (unpaired) electrons. The molecule has 1 fully saturated rings. The molecule has 128 valence electrons. The van der Waals surface area contributed by atoms with E-state index >= 15 is 0 Å². The molecule has 0 aliphatic carbocycles. The Hall–Kier alpha value is -1.37. The monoisotopic (exact) mass is 340 g/mol. The Morgan fingerprint density at radius 1 is 1.35 bits per heavy atom. The number of aromatic nitrogens is 1. The first-order chi connectivity index (χ1) is 11.1. The number of rotatable bonds is 7. The molecule has 6 nitrogen and oxygen atoms in total. The van der Waals surface area contributed by atoms with Crippen LogP contribution in [0.1, 0.15) is 23.2 Å². The third-order valence-corrected chi connectivity index (χ3v) is 3.98. The summed E-state index contributed by atoms with van der Waals surface area (Å²) in [6.07, 6.45) is 2.03. The van der Waals surface area contributed by atoms with Gasteiger partial charge in [0.2, 0.25) is 0 Å². The van der Waals surface area contributed by atoms with Gasteiger partial charge in [-0.2, -0.15) is 0 Å². The van der Waals surface area contributed by atoms with Crippen molar-refractivity contribution >= 4 is 23.3 Å². The van der Waals surface area contributed by atoms with Crippen molar-refractivity contribution in [3.05, 3.63) is 22.8 Å². The standard InChI is InChI=1S/C16H25ClN4O2/c1-20(2)15-12-13(11-14(17)19-15)16(22)18-5-3-4-6-21-7-9-23-10-8-21/h11-12H,3-10H2,1-2H3,(H,18,22). The Morgan fingerprint density at radius 2 is 2.09 bits per heavy atom. The minimum Gasteiger partial charge on any atom is -0.379 e. The Kier molecular flexibility index (Phi) is 7.08. The molecular formula is C16H25ClN4O2. The van der Waals surface area contributed by atoms with Gasteiger partial charge in [0, 0.05) is 39.3 Å². The van der Waals surface area contributed by atoms with E-state index in [1.165, 1.54) is 0 Å². The zero-order valence-electron chi connectivity index (χ0n) is 13.8. The van der Waals surface area contributed by atoms with Gasteiger partial charge in [-0.25, -0.2) is 4.98 Å². The summed E-state index contributed by atoms with van der Waals surface area (Å²) in [6, 6.07) is 3.34. The number of nitrogens with one attached hydrogen (secondary N) is 1. The summed E-state index contributed by atoms with van der Waals surface area (Å²) < 4.78 is 5.33. The number of nitrogens with zero attached hydrogens (tertiary/aromatic N) is 3. The van der Waals surface area contributed by atoms with Crippen molar-refractivity contribution in [2.45, 2.75) is 12.8 Å². The van der Waals surface area contributed by atoms with Crippen LogP contribution in [0.5, 0.6) is 0 Å². The molecule has 7 heteroatoms. The number of carbonyl (C=O) groups is 1. The fourth-order valence-corrected chi connectivity index (χ4v) is 2.64. The number of amides is 1. The molecule has 2 heterocycles. The van der Waals surface area contributed by atoms with Crippen molar-refractivity contribution in [3.8, 4) is 0 Å². The number of anilines is 1. The van der Waals surface area contributed by atoms with Crippen LogP contribution in [-0.2, 0) is 4.74 Å². The highest BCUT2D eigenvalue weighted by atomic mass is 35.5. The Morgan fingerprint density at radius 3 is 2.78 bits per heavy atom. The van der Waals surface area contributed by atoms with Crippen molar-refractivity contribution in [2.24, 2.45) is 0 Å². The lowest BCUT2D eigenvalue weighted by Gasteiger charge is -2.26. The number of halogens is 1. The van der Waals surface area contributed by atoms with Gasteiger partial charge in [0.25, 0.3) is 5.91 Å². The molecule has 0 saturated carbocycles.